The number of benzene rings is 1. The fourth-order valence-corrected chi connectivity index (χ4v) is 1.81. The summed E-state index contributed by atoms with van der Waals surface area (Å²) >= 11 is 0. The highest BCUT2D eigenvalue weighted by Gasteiger charge is 2.16. The zero-order valence-electron chi connectivity index (χ0n) is 11.1. The lowest BCUT2D eigenvalue weighted by Gasteiger charge is -2.12. The molecule has 1 aromatic carbocycles. The quantitative estimate of drug-likeness (QED) is 0.889. The van der Waals surface area contributed by atoms with Crippen LogP contribution in [-0.2, 0) is 0 Å². The van der Waals surface area contributed by atoms with Gasteiger partial charge in [0.2, 0.25) is 5.89 Å². The van der Waals surface area contributed by atoms with E-state index in [1.807, 2.05) is 0 Å². The fraction of sp³-hybridized carbons (Fsp3) is 0.286. The van der Waals surface area contributed by atoms with Gasteiger partial charge in [-0.05, 0) is 44.5 Å². The van der Waals surface area contributed by atoms with Crippen molar-refractivity contribution < 1.29 is 14.3 Å². The minimum absolute atomic E-state index is 0.144. The van der Waals surface area contributed by atoms with Gasteiger partial charge < -0.3 is 14.8 Å². The molecule has 2 rings (SSSR count). The Labute approximate surface area is 111 Å². The van der Waals surface area contributed by atoms with Gasteiger partial charge in [-0.1, -0.05) is 0 Å². The van der Waals surface area contributed by atoms with Gasteiger partial charge in [-0.2, -0.15) is 0 Å². The van der Waals surface area contributed by atoms with Crippen LogP contribution >= 0.6 is 0 Å². The minimum Gasteiger partial charge on any atom is -0.508 e. The Hall–Kier alpha value is -2.30. The Kier molecular flexibility index (Phi) is 3.55. The third-order valence-corrected chi connectivity index (χ3v) is 2.81. The SMILES string of the molecule is Cc1cnc(C(C)NC(=O)c2ccc(O)cc2C)o1. The number of rotatable bonds is 3. The monoisotopic (exact) mass is 260 g/mol. The van der Waals surface area contributed by atoms with Crippen LogP contribution in [0.4, 0.5) is 0 Å². The topological polar surface area (TPSA) is 75.4 Å². The molecule has 1 amide bonds. The minimum atomic E-state index is -0.311. The van der Waals surface area contributed by atoms with Crippen LogP contribution in [0.15, 0.2) is 28.8 Å². The van der Waals surface area contributed by atoms with Crippen LogP contribution in [0, 0.1) is 13.8 Å². The van der Waals surface area contributed by atoms with Crippen molar-refractivity contribution in [2.75, 3.05) is 0 Å². The summed E-state index contributed by atoms with van der Waals surface area (Å²) in [7, 11) is 0. The zero-order chi connectivity index (χ0) is 14.0. The fourth-order valence-electron chi connectivity index (χ4n) is 1.81. The van der Waals surface area contributed by atoms with Gasteiger partial charge in [-0.15, -0.1) is 0 Å². The lowest BCUT2D eigenvalue weighted by Crippen LogP contribution is -2.27. The van der Waals surface area contributed by atoms with Crippen molar-refractivity contribution in [3.05, 3.63) is 47.2 Å². The van der Waals surface area contributed by atoms with Gasteiger partial charge in [0.1, 0.15) is 17.6 Å². The van der Waals surface area contributed by atoms with Crippen molar-refractivity contribution >= 4 is 5.91 Å². The van der Waals surface area contributed by atoms with Gasteiger partial charge in [0.05, 0.1) is 6.20 Å². The second-order valence-corrected chi connectivity index (χ2v) is 4.50. The normalized spacial score (nSPS) is 12.2. The number of aromatic hydroxyl groups is 1. The maximum Gasteiger partial charge on any atom is 0.252 e. The van der Waals surface area contributed by atoms with Gasteiger partial charge in [0.25, 0.3) is 5.91 Å². The van der Waals surface area contributed by atoms with E-state index in [1.54, 1.807) is 39.1 Å². The van der Waals surface area contributed by atoms with Crippen molar-refractivity contribution in [1.29, 1.82) is 0 Å². The number of hydrogen-bond donors (Lipinski definition) is 2. The molecule has 0 aliphatic rings. The van der Waals surface area contributed by atoms with Crippen molar-refractivity contribution in [2.45, 2.75) is 26.8 Å². The molecule has 1 aromatic heterocycles. The van der Waals surface area contributed by atoms with E-state index in [1.165, 1.54) is 6.07 Å². The second kappa shape index (κ2) is 5.14. The lowest BCUT2D eigenvalue weighted by atomic mass is 10.1. The van der Waals surface area contributed by atoms with Crippen molar-refractivity contribution in [3.63, 3.8) is 0 Å². The molecule has 2 aromatic rings. The molecule has 0 saturated heterocycles. The first-order valence-corrected chi connectivity index (χ1v) is 6.00. The molecule has 1 atom stereocenters. The van der Waals surface area contributed by atoms with Crippen LogP contribution < -0.4 is 5.32 Å². The summed E-state index contributed by atoms with van der Waals surface area (Å²) in [5, 5.41) is 12.1. The van der Waals surface area contributed by atoms with Crippen LogP contribution in [0.2, 0.25) is 0 Å². The average Bonchev–Trinajstić information content (AvgIpc) is 2.75. The first-order chi connectivity index (χ1) is 8.97. The number of phenols is 1. The average molecular weight is 260 g/mol. The third-order valence-electron chi connectivity index (χ3n) is 2.81. The number of amides is 1. The molecular weight excluding hydrogens is 244 g/mol. The maximum atomic E-state index is 12.1. The highest BCUT2D eigenvalue weighted by molar-refractivity contribution is 5.95. The Morgan fingerprint density at radius 1 is 1.42 bits per heavy atom. The van der Waals surface area contributed by atoms with E-state index in [9.17, 15) is 9.90 Å². The van der Waals surface area contributed by atoms with Crippen molar-refractivity contribution in [1.82, 2.24) is 10.3 Å². The molecule has 5 heteroatoms. The first kappa shape index (κ1) is 13.1. The number of aryl methyl sites for hydroxylation is 2. The van der Waals surface area contributed by atoms with Crippen molar-refractivity contribution in [3.8, 4) is 5.75 Å². The molecule has 100 valence electrons. The van der Waals surface area contributed by atoms with E-state index in [0.717, 1.165) is 0 Å². The maximum absolute atomic E-state index is 12.1. The lowest BCUT2D eigenvalue weighted by molar-refractivity contribution is 0.0933. The van der Waals surface area contributed by atoms with Crippen LogP contribution in [-0.4, -0.2) is 16.0 Å². The molecule has 2 N–H and O–H groups in total. The number of hydrogen-bond acceptors (Lipinski definition) is 4. The summed E-state index contributed by atoms with van der Waals surface area (Å²) in [6, 6.07) is 4.32. The first-order valence-electron chi connectivity index (χ1n) is 6.00. The summed E-state index contributed by atoms with van der Waals surface area (Å²) in [6.07, 6.45) is 1.61. The van der Waals surface area contributed by atoms with Crippen LogP contribution in [0.5, 0.6) is 5.75 Å². The second-order valence-electron chi connectivity index (χ2n) is 4.50. The molecule has 0 radical (unpaired) electrons. The van der Waals surface area contributed by atoms with Crippen LogP contribution in [0.1, 0.15) is 40.5 Å². The predicted molar refractivity (Wildman–Crippen MR) is 70.0 cm³/mol. The summed E-state index contributed by atoms with van der Waals surface area (Å²) in [4.78, 5) is 16.2. The highest BCUT2D eigenvalue weighted by Crippen LogP contribution is 2.17. The summed E-state index contributed by atoms with van der Waals surface area (Å²) in [5.74, 6) is 1.10. The molecule has 1 heterocycles. The summed E-state index contributed by atoms with van der Waals surface area (Å²) in [5.41, 5.74) is 1.24. The summed E-state index contributed by atoms with van der Waals surface area (Å²) in [6.45, 7) is 5.38. The number of nitrogens with zero attached hydrogens (tertiary/aromatic N) is 1. The van der Waals surface area contributed by atoms with Gasteiger partial charge in [-0.3, -0.25) is 4.79 Å². The van der Waals surface area contributed by atoms with Crippen LogP contribution in [0.25, 0.3) is 0 Å². The van der Waals surface area contributed by atoms with E-state index in [0.29, 0.717) is 22.8 Å². The molecule has 19 heavy (non-hydrogen) atoms. The number of oxazole rings is 1. The predicted octanol–water partition coefficient (Wildman–Crippen LogP) is 2.49. The largest absolute Gasteiger partial charge is 0.508 e. The Morgan fingerprint density at radius 3 is 2.74 bits per heavy atom. The zero-order valence-corrected chi connectivity index (χ0v) is 11.1. The molecule has 0 fully saturated rings. The molecule has 0 aliphatic heterocycles. The molecular formula is C14H16N2O3. The van der Waals surface area contributed by atoms with Gasteiger partial charge in [0, 0.05) is 5.56 Å². The number of carbonyl (C=O) groups excluding carboxylic acids is 1. The molecule has 5 nitrogen and oxygen atoms in total. The van der Waals surface area contributed by atoms with E-state index in [4.69, 9.17) is 4.42 Å². The highest BCUT2D eigenvalue weighted by atomic mass is 16.4. The standard InChI is InChI=1S/C14H16N2O3/c1-8-6-11(17)4-5-12(8)13(18)16-10(3)14-15-7-9(2)19-14/h4-7,10,17H,1-3H3,(H,16,18). The van der Waals surface area contributed by atoms with Gasteiger partial charge in [-0.25, -0.2) is 4.98 Å². The smallest absolute Gasteiger partial charge is 0.252 e. The van der Waals surface area contributed by atoms with E-state index in [-0.39, 0.29) is 17.7 Å². The Morgan fingerprint density at radius 2 is 2.16 bits per heavy atom. The van der Waals surface area contributed by atoms with E-state index in [2.05, 4.69) is 10.3 Å². The number of phenolic OH excluding ortho intramolecular Hbond substituents is 1. The number of nitrogens with one attached hydrogen (secondary N) is 1. The van der Waals surface area contributed by atoms with Crippen molar-refractivity contribution in [2.24, 2.45) is 0 Å². The van der Waals surface area contributed by atoms with Gasteiger partial charge >= 0.3 is 0 Å². The third kappa shape index (κ3) is 2.93. The molecule has 0 spiro atoms. The molecule has 0 bridgehead atoms. The number of carbonyl (C=O) groups is 1. The van der Waals surface area contributed by atoms with E-state index >= 15 is 0 Å². The molecule has 0 saturated carbocycles. The summed E-state index contributed by atoms with van der Waals surface area (Å²) < 4.78 is 5.37. The van der Waals surface area contributed by atoms with Gasteiger partial charge in [0.15, 0.2) is 0 Å². The molecule has 0 aliphatic carbocycles. The Balaban J connectivity index is 2.12. The molecule has 1 unspecified atom stereocenters. The van der Waals surface area contributed by atoms with E-state index < -0.39 is 0 Å². The van der Waals surface area contributed by atoms with Crippen LogP contribution in [0.3, 0.4) is 0 Å². The number of aromatic nitrogens is 1. The Bertz CT molecular complexity index is 604.